The number of fused-ring (bicyclic) bond motifs is 4. The number of carboxylic acid groups (broad SMARTS) is 1. The van der Waals surface area contributed by atoms with Crippen molar-refractivity contribution in [3.05, 3.63) is 29.8 Å². The highest BCUT2D eigenvalue weighted by Gasteiger charge is 2.47. The summed E-state index contributed by atoms with van der Waals surface area (Å²) in [4.78, 5) is 25.2. The van der Waals surface area contributed by atoms with Gasteiger partial charge in [-0.3, -0.25) is 14.5 Å². The summed E-state index contributed by atoms with van der Waals surface area (Å²) in [6, 6.07) is 9.45. The van der Waals surface area contributed by atoms with Crippen molar-refractivity contribution in [2.24, 2.45) is 11.8 Å². The van der Waals surface area contributed by atoms with E-state index in [1.54, 1.807) is 7.11 Å². The van der Waals surface area contributed by atoms with Crippen molar-refractivity contribution < 1.29 is 24.5 Å². The molecule has 3 heterocycles. The van der Waals surface area contributed by atoms with E-state index in [4.69, 9.17) is 14.6 Å². The van der Waals surface area contributed by atoms with Crippen molar-refractivity contribution in [2.75, 3.05) is 33.4 Å². The Balaban J connectivity index is 0.000000755. The van der Waals surface area contributed by atoms with Crippen LogP contribution in [0.1, 0.15) is 31.2 Å². The molecule has 0 aromatic heterocycles. The normalized spacial score (nSPS) is 28.6. The van der Waals surface area contributed by atoms with Crippen LogP contribution in [-0.2, 0) is 16.0 Å². The number of carbonyl (C=O) groups excluding carboxylic acids is 1. The van der Waals surface area contributed by atoms with E-state index in [1.807, 2.05) is 11.0 Å². The summed E-state index contributed by atoms with van der Waals surface area (Å²) in [5.41, 5.74) is 1.31. The monoisotopic (exact) mass is 404 g/mol. The number of benzene rings is 1. The van der Waals surface area contributed by atoms with Gasteiger partial charge in [-0.25, -0.2) is 0 Å². The number of rotatable bonds is 4. The van der Waals surface area contributed by atoms with E-state index in [9.17, 15) is 9.90 Å². The van der Waals surface area contributed by atoms with E-state index < -0.39 is 0 Å². The quantitative estimate of drug-likeness (QED) is 0.742. The molecule has 160 valence electrons. The van der Waals surface area contributed by atoms with Crippen molar-refractivity contribution in [1.82, 2.24) is 9.80 Å². The molecule has 1 aromatic carbocycles. The molecule has 7 nitrogen and oxygen atoms in total. The lowest BCUT2D eigenvalue weighted by Crippen LogP contribution is -2.64. The second kappa shape index (κ2) is 10.1. The molecule has 4 rings (SSSR count). The Morgan fingerprint density at radius 1 is 1.28 bits per heavy atom. The van der Waals surface area contributed by atoms with Crippen molar-refractivity contribution in [1.29, 1.82) is 0 Å². The van der Waals surface area contributed by atoms with E-state index in [0.29, 0.717) is 23.9 Å². The highest BCUT2D eigenvalue weighted by Crippen LogP contribution is 2.42. The fourth-order valence-electron chi connectivity index (χ4n) is 5.53. The molecule has 3 aliphatic heterocycles. The van der Waals surface area contributed by atoms with E-state index in [-0.39, 0.29) is 19.0 Å². The number of aliphatic hydroxyl groups excluding tert-OH is 1. The zero-order chi connectivity index (χ0) is 20.8. The van der Waals surface area contributed by atoms with Gasteiger partial charge in [-0.1, -0.05) is 18.6 Å². The number of methoxy groups -OCH3 is 1. The maximum Gasteiger partial charge on any atom is 0.290 e. The van der Waals surface area contributed by atoms with Crippen LogP contribution in [0.5, 0.6) is 5.75 Å². The third kappa shape index (κ3) is 4.90. The van der Waals surface area contributed by atoms with Gasteiger partial charge in [-0.05, 0) is 61.8 Å². The van der Waals surface area contributed by atoms with Crippen LogP contribution in [0.15, 0.2) is 24.3 Å². The smallest absolute Gasteiger partial charge is 0.290 e. The molecule has 4 atom stereocenters. The number of hydrogen-bond acceptors (Lipinski definition) is 5. The predicted molar refractivity (Wildman–Crippen MR) is 109 cm³/mol. The molecular formula is C22H32N2O5. The standard InChI is InChI=1S/C21H30N2O3.CH2O2/c1-26-18-6-4-5-15(9-18)10-20-17-11-16(12-22(13-17)21(25)14-24)19-7-2-3-8-23(19)20;2-1-3/h4-6,9,16-17,19-20,24H,2-3,7-8,10-14H2,1H3;1H,(H,2,3)/t16-,17+,19+,20+;/m1./s1. The molecule has 3 saturated heterocycles. The zero-order valence-corrected chi connectivity index (χ0v) is 17.1. The lowest BCUT2D eigenvalue weighted by molar-refractivity contribution is -0.143. The molecule has 0 saturated carbocycles. The number of hydrogen-bond donors (Lipinski definition) is 2. The van der Waals surface area contributed by atoms with Crippen LogP contribution in [0.25, 0.3) is 0 Å². The summed E-state index contributed by atoms with van der Waals surface area (Å²) in [5.74, 6) is 1.85. The number of carbonyl (C=O) groups is 2. The van der Waals surface area contributed by atoms with Gasteiger partial charge in [0.05, 0.1) is 7.11 Å². The Labute approximate surface area is 172 Å². The van der Waals surface area contributed by atoms with Crippen molar-refractivity contribution in [3.8, 4) is 5.75 Å². The van der Waals surface area contributed by atoms with Crippen LogP contribution in [0.4, 0.5) is 0 Å². The van der Waals surface area contributed by atoms with Gasteiger partial charge in [-0.15, -0.1) is 0 Å². The predicted octanol–water partition coefficient (Wildman–Crippen LogP) is 1.63. The summed E-state index contributed by atoms with van der Waals surface area (Å²) < 4.78 is 5.40. The highest BCUT2D eigenvalue weighted by molar-refractivity contribution is 5.77. The molecule has 2 N–H and O–H groups in total. The molecule has 0 unspecified atom stereocenters. The average Bonchev–Trinajstić information content (AvgIpc) is 2.76. The number of ether oxygens (including phenoxy) is 1. The first-order chi connectivity index (χ1) is 14.1. The van der Waals surface area contributed by atoms with E-state index in [1.165, 1.54) is 37.8 Å². The Morgan fingerprint density at radius 2 is 2.03 bits per heavy atom. The highest BCUT2D eigenvalue weighted by atomic mass is 16.5. The number of piperidine rings is 3. The third-order valence-corrected chi connectivity index (χ3v) is 6.69. The molecular weight excluding hydrogens is 372 g/mol. The van der Waals surface area contributed by atoms with Gasteiger partial charge in [0.2, 0.25) is 5.91 Å². The molecule has 2 bridgehead atoms. The first-order valence-corrected chi connectivity index (χ1v) is 10.5. The second-order valence-electron chi connectivity index (χ2n) is 8.24. The van der Waals surface area contributed by atoms with Gasteiger partial charge in [0.25, 0.3) is 6.47 Å². The fraction of sp³-hybridized carbons (Fsp3) is 0.636. The van der Waals surface area contributed by atoms with Gasteiger partial charge in [0.15, 0.2) is 0 Å². The van der Waals surface area contributed by atoms with E-state index in [2.05, 4.69) is 23.1 Å². The summed E-state index contributed by atoms with van der Waals surface area (Å²) in [7, 11) is 1.71. The Bertz CT molecular complexity index is 698. The van der Waals surface area contributed by atoms with Gasteiger partial charge >= 0.3 is 0 Å². The first-order valence-electron chi connectivity index (χ1n) is 10.5. The summed E-state index contributed by atoms with van der Waals surface area (Å²) in [6.45, 7) is 2.17. The zero-order valence-electron chi connectivity index (χ0n) is 17.1. The Hall–Kier alpha value is -2.12. The van der Waals surface area contributed by atoms with Gasteiger partial charge in [0, 0.05) is 25.2 Å². The maximum atomic E-state index is 12.2. The molecule has 3 aliphatic rings. The number of amides is 1. The molecule has 1 aromatic rings. The van der Waals surface area contributed by atoms with Crippen molar-refractivity contribution in [2.45, 2.75) is 44.2 Å². The van der Waals surface area contributed by atoms with Crippen molar-refractivity contribution >= 4 is 12.4 Å². The van der Waals surface area contributed by atoms with Gasteiger partial charge in [-0.2, -0.15) is 0 Å². The first kappa shape index (κ1) is 21.6. The largest absolute Gasteiger partial charge is 0.497 e. The van der Waals surface area contributed by atoms with Crippen LogP contribution in [0.3, 0.4) is 0 Å². The number of nitrogens with zero attached hydrogens (tertiary/aromatic N) is 2. The summed E-state index contributed by atoms with van der Waals surface area (Å²) in [6.07, 6.45) is 6.04. The molecule has 1 amide bonds. The van der Waals surface area contributed by atoms with E-state index >= 15 is 0 Å². The maximum absolute atomic E-state index is 12.2. The molecule has 7 heteroatoms. The Morgan fingerprint density at radius 3 is 2.76 bits per heavy atom. The van der Waals surface area contributed by atoms with Crippen LogP contribution >= 0.6 is 0 Å². The summed E-state index contributed by atoms with van der Waals surface area (Å²) >= 11 is 0. The molecule has 3 fully saturated rings. The molecule has 0 aliphatic carbocycles. The van der Waals surface area contributed by atoms with E-state index in [0.717, 1.165) is 25.3 Å². The minimum Gasteiger partial charge on any atom is -0.497 e. The van der Waals surface area contributed by atoms with Gasteiger partial charge < -0.3 is 19.8 Å². The van der Waals surface area contributed by atoms with Crippen LogP contribution in [0, 0.1) is 11.8 Å². The average molecular weight is 405 g/mol. The number of aliphatic hydroxyl groups is 1. The van der Waals surface area contributed by atoms with Crippen molar-refractivity contribution in [3.63, 3.8) is 0 Å². The Kier molecular flexibility index (Phi) is 7.50. The lowest BCUT2D eigenvalue weighted by Gasteiger charge is -2.57. The number of likely N-dealkylation sites (tertiary alicyclic amines) is 1. The molecule has 0 radical (unpaired) electrons. The van der Waals surface area contributed by atoms with Crippen LogP contribution in [-0.4, -0.2) is 77.8 Å². The molecule has 29 heavy (non-hydrogen) atoms. The SMILES string of the molecule is COc1cccc(C[C@H]2[C@H]3C[C@H](CN(C(=O)CO)C3)[C@@H]3CCCCN32)c1.O=CO. The van der Waals surface area contributed by atoms with Crippen LogP contribution in [0.2, 0.25) is 0 Å². The van der Waals surface area contributed by atoms with Gasteiger partial charge in [0.1, 0.15) is 12.4 Å². The second-order valence-corrected chi connectivity index (χ2v) is 8.24. The van der Waals surface area contributed by atoms with Crippen LogP contribution < -0.4 is 4.74 Å². The molecule has 0 spiro atoms. The fourth-order valence-corrected chi connectivity index (χ4v) is 5.53. The minimum atomic E-state index is -0.367. The minimum absolute atomic E-state index is 0.107. The summed E-state index contributed by atoms with van der Waals surface area (Å²) in [5, 5.41) is 16.2. The topological polar surface area (TPSA) is 90.3 Å². The third-order valence-electron chi connectivity index (χ3n) is 6.69. The lowest BCUT2D eigenvalue weighted by atomic mass is 9.71.